The summed E-state index contributed by atoms with van der Waals surface area (Å²) in [5.41, 5.74) is 7.59. The molecule has 0 bridgehead atoms. The molecule has 1 aromatic carbocycles. The number of nitrogens with two attached hydrogens (primary N) is 1. The van der Waals surface area contributed by atoms with Crippen LogP contribution in [0.15, 0.2) is 24.3 Å². The molecule has 1 fully saturated rings. The molecule has 30 heavy (non-hydrogen) atoms. The number of aromatic nitrogens is 3. The lowest BCUT2D eigenvalue weighted by atomic mass is 10.0. The van der Waals surface area contributed by atoms with E-state index in [0.29, 0.717) is 31.1 Å². The summed E-state index contributed by atoms with van der Waals surface area (Å²) in [6.07, 6.45) is 0.716. The Kier molecular flexibility index (Phi) is 4.85. The maximum absolute atomic E-state index is 12.2. The number of hydrogen-bond donors (Lipinski definition) is 2. The summed E-state index contributed by atoms with van der Waals surface area (Å²) in [5.74, 6) is 1.11. The SMILES string of the molecule is CCOCc1nc2c(N)nc3ccccc3c2n1CC1(N(C(=O)O)C(C)(C)C)CC1. The predicted octanol–water partition coefficient (Wildman–Crippen LogP) is 4.01. The van der Waals surface area contributed by atoms with Crippen LogP contribution in [0.5, 0.6) is 0 Å². The molecular formula is C22H29N5O3. The third-order valence-corrected chi connectivity index (χ3v) is 5.74. The number of ether oxygens (including phenoxy) is 1. The van der Waals surface area contributed by atoms with E-state index < -0.39 is 17.2 Å². The summed E-state index contributed by atoms with van der Waals surface area (Å²) in [6, 6.07) is 7.82. The van der Waals surface area contributed by atoms with Crippen LogP contribution >= 0.6 is 0 Å². The van der Waals surface area contributed by atoms with E-state index in [1.807, 2.05) is 52.0 Å². The van der Waals surface area contributed by atoms with E-state index in [0.717, 1.165) is 35.1 Å². The highest BCUT2D eigenvalue weighted by atomic mass is 16.5. The number of imidazole rings is 1. The summed E-state index contributed by atoms with van der Waals surface area (Å²) in [7, 11) is 0. The second-order valence-corrected chi connectivity index (χ2v) is 8.98. The lowest BCUT2D eigenvalue weighted by molar-refractivity contribution is 0.0529. The zero-order chi connectivity index (χ0) is 21.7. The molecule has 2 heterocycles. The lowest BCUT2D eigenvalue weighted by Gasteiger charge is -2.40. The first-order valence-electron chi connectivity index (χ1n) is 10.3. The van der Waals surface area contributed by atoms with Crippen LogP contribution in [0.2, 0.25) is 0 Å². The van der Waals surface area contributed by atoms with Crippen LogP contribution in [0.1, 0.15) is 46.4 Å². The van der Waals surface area contributed by atoms with Gasteiger partial charge in [-0.25, -0.2) is 14.8 Å². The number of nitrogens with zero attached hydrogens (tertiary/aromatic N) is 4. The fourth-order valence-electron chi connectivity index (χ4n) is 4.47. The summed E-state index contributed by atoms with van der Waals surface area (Å²) >= 11 is 0. The van der Waals surface area contributed by atoms with E-state index >= 15 is 0 Å². The number of hydrogen-bond acceptors (Lipinski definition) is 5. The minimum atomic E-state index is -0.901. The Bertz CT molecular complexity index is 1110. The van der Waals surface area contributed by atoms with Gasteiger partial charge in [-0.2, -0.15) is 0 Å². The van der Waals surface area contributed by atoms with Gasteiger partial charge < -0.3 is 20.1 Å². The Balaban J connectivity index is 1.92. The molecule has 160 valence electrons. The molecule has 0 unspecified atom stereocenters. The first kappa shape index (κ1) is 20.4. The molecule has 3 aromatic rings. The van der Waals surface area contributed by atoms with Crippen LogP contribution in [-0.2, 0) is 17.9 Å². The first-order valence-corrected chi connectivity index (χ1v) is 10.3. The van der Waals surface area contributed by atoms with Gasteiger partial charge in [0.25, 0.3) is 0 Å². The molecular weight excluding hydrogens is 382 g/mol. The number of rotatable bonds is 6. The molecule has 4 rings (SSSR count). The number of pyridine rings is 1. The van der Waals surface area contributed by atoms with Crippen molar-refractivity contribution in [2.75, 3.05) is 12.3 Å². The summed E-state index contributed by atoms with van der Waals surface area (Å²) in [4.78, 5) is 23.1. The van der Waals surface area contributed by atoms with E-state index in [4.69, 9.17) is 15.5 Å². The molecule has 1 amide bonds. The summed E-state index contributed by atoms with van der Waals surface area (Å²) < 4.78 is 7.77. The molecule has 0 radical (unpaired) electrons. The van der Waals surface area contributed by atoms with Crippen LogP contribution in [0.4, 0.5) is 10.6 Å². The molecule has 0 saturated heterocycles. The van der Waals surface area contributed by atoms with Gasteiger partial charge in [-0.15, -0.1) is 0 Å². The molecule has 1 aliphatic rings. The molecule has 3 N–H and O–H groups in total. The monoisotopic (exact) mass is 411 g/mol. The van der Waals surface area contributed by atoms with Gasteiger partial charge in [-0.1, -0.05) is 18.2 Å². The van der Waals surface area contributed by atoms with Gasteiger partial charge in [0.05, 0.1) is 16.6 Å². The van der Waals surface area contributed by atoms with Crippen molar-refractivity contribution in [3.63, 3.8) is 0 Å². The number of fused-ring (bicyclic) bond motifs is 3. The summed E-state index contributed by atoms with van der Waals surface area (Å²) in [5, 5.41) is 10.9. The second-order valence-electron chi connectivity index (χ2n) is 8.98. The number of carbonyl (C=O) groups is 1. The molecule has 1 aliphatic carbocycles. The van der Waals surface area contributed by atoms with Crippen LogP contribution < -0.4 is 5.73 Å². The van der Waals surface area contributed by atoms with E-state index in [1.54, 1.807) is 4.90 Å². The Morgan fingerprint density at radius 1 is 1.30 bits per heavy atom. The van der Waals surface area contributed by atoms with Gasteiger partial charge in [0.15, 0.2) is 5.82 Å². The third kappa shape index (κ3) is 3.35. The fourth-order valence-corrected chi connectivity index (χ4v) is 4.47. The molecule has 1 saturated carbocycles. The average molecular weight is 412 g/mol. The van der Waals surface area contributed by atoms with Gasteiger partial charge in [0.2, 0.25) is 0 Å². The van der Waals surface area contributed by atoms with E-state index in [-0.39, 0.29) is 0 Å². The smallest absolute Gasteiger partial charge is 0.408 e. The summed E-state index contributed by atoms with van der Waals surface area (Å²) in [6.45, 7) is 9.14. The van der Waals surface area contributed by atoms with Gasteiger partial charge in [0.1, 0.15) is 17.9 Å². The Morgan fingerprint density at radius 2 is 2.00 bits per heavy atom. The second kappa shape index (κ2) is 7.12. The van der Waals surface area contributed by atoms with Crippen molar-refractivity contribution >= 4 is 33.8 Å². The quantitative estimate of drug-likeness (QED) is 0.635. The zero-order valence-electron chi connectivity index (χ0n) is 18.0. The number of benzene rings is 1. The fraction of sp³-hybridized carbons (Fsp3) is 0.500. The molecule has 0 aliphatic heterocycles. The minimum absolute atomic E-state index is 0.331. The van der Waals surface area contributed by atoms with Crippen LogP contribution in [-0.4, -0.2) is 48.3 Å². The van der Waals surface area contributed by atoms with Crippen molar-refractivity contribution in [1.29, 1.82) is 0 Å². The number of nitrogen functional groups attached to an aromatic ring is 1. The maximum atomic E-state index is 12.2. The van der Waals surface area contributed by atoms with Crippen molar-refractivity contribution < 1.29 is 14.6 Å². The highest BCUT2D eigenvalue weighted by Gasteiger charge is 2.54. The molecule has 0 atom stereocenters. The Morgan fingerprint density at radius 3 is 2.60 bits per heavy atom. The first-order chi connectivity index (χ1) is 14.2. The third-order valence-electron chi connectivity index (χ3n) is 5.74. The van der Waals surface area contributed by atoms with Crippen molar-refractivity contribution in [2.45, 2.75) is 64.8 Å². The average Bonchev–Trinajstić information content (AvgIpc) is 3.32. The highest BCUT2D eigenvalue weighted by Crippen LogP contribution is 2.47. The van der Waals surface area contributed by atoms with Gasteiger partial charge in [-0.05, 0) is 46.6 Å². The molecule has 8 nitrogen and oxygen atoms in total. The Labute approximate surface area is 175 Å². The van der Waals surface area contributed by atoms with E-state index in [9.17, 15) is 9.90 Å². The van der Waals surface area contributed by atoms with Gasteiger partial charge in [0, 0.05) is 24.1 Å². The highest BCUT2D eigenvalue weighted by molar-refractivity contribution is 6.06. The minimum Gasteiger partial charge on any atom is -0.465 e. The molecule has 2 aromatic heterocycles. The number of para-hydroxylation sites is 1. The van der Waals surface area contributed by atoms with Crippen molar-refractivity contribution in [1.82, 2.24) is 19.4 Å². The Hall–Kier alpha value is -2.87. The maximum Gasteiger partial charge on any atom is 0.408 e. The van der Waals surface area contributed by atoms with Crippen molar-refractivity contribution in [2.24, 2.45) is 0 Å². The normalized spacial score (nSPS) is 15.6. The van der Waals surface area contributed by atoms with Gasteiger partial charge in [-0.3, -0.25) is 4.90 Å². The zero-order valence-corrected chi connectivity index (χ0v) is 18.0. The van der Waals surface area contributed by atoms with E-state index in [1.165, 1.54) is 0 Å². The van der Waals surface area contributed by atoms with Crippen molar-refractivity contribution in [3.8, 4) is 0 Å². The van der Waals surface area contributed by atoms with Crippen LogP contribution in [0.3, 0.4) is 0 Å². The predicted molar refractivity (Wildman–Crippen MR) is 116 cm³/mol. The standard InChI is InChI=1S/C22H29N5O3/c1-5-30-12-16-25-17-18(14-8-6-7-9-15(14)24-19(17)23)26(16)13-22(10-11-22)27(20(28)29)21(2,3)4/h6-9H,5,10-13H2,1-4H3,(H2,23,24)(H,28,29). The van der Waals surface area contributed by atoms with E-state index in [2.05, 4.69) is 9.55 Å². The number of anilines is 1. The number of amides is 1. The molecule has 0 spiro atoms. The molecule has 8 heteroatoms. The number of carboxylic acid groups (broad SMARTS) is 1. The van der Waals surface area contributed by atoms with Crippen molar-refractivity contribution in [3.05, 3.63) is 30.1 Å². The van der Waals surface area contributed by atoms with Gasteiger partial charge >= 0.3 is 6.09 Å². The largest absolute Gasteiger partial charge is 0.465 e. The van der Waals surface area contributed by atoms with Crippen LogP contribution in [0, 0.1) is 0 Å². The lowest BCUT2D eigenvalue weighted by Crippen LogP contribution is -2.54. The van der Waals surface area contributed by atoms with Crippen LogP contribution in [0.25, 0.3) is 21.9 Å². The topological polar surface area (TPSA) is 107 Å².